The Morgan fingerprint density at radius 3 is 2.71 bits per heavy atom. The van der Waals surface area contributed by atoms with Gasteiger partial charge >= 0.3 is 5.97 Å². The normalized spacial score (nSPS) is 11.9. The molecule has 176 valence electrons. The maximum Gasteiger partial charge on any atom is 0.306 e. The van der Waals surface area contributed by atoms with Crippen LogP contribution in [0.15, 0.2) is 65.9 Å². The highest BCUT2D eigenvalue weighted by molar-refractivity contribution is 5.95. The number of hydrogen-bond acceptors (Lipinski definition) is 5. The van der Waals surface area contributed by atoms with E-state index in [0.717, 1.165) is 58.9 Å². The molecule has 2 heterocycles. The zero-order valence-corrected chi connectivity index (χ0v) is 19.6. The van der Waals surface area contributed by atoms with Gasteiger partial charge in [0.25, 0.3) is 0 Å². The van der Waals surface area contributed by atoms with E-state index in [1.807, 2.05) is 42.6 Å². The minimum atomic E-state index is -0.904. The number of carbonyl (C=O) groups is 1. The maximum absolute atomic E-state index is 10.9. The van der Waals surface area contributed by atoms with Crippen molar-refractivity contribution in [2.24, 2.45) is 5.16 Å². The van der Waals surface area contributed by atoms with Crippen LogP contribution in [-0.2, 0) is 22.7 Å². The maximum atomic E-state index is 10.9. The van der Waals surface area contributed by atoms with Crippen LogP contribution in [0.25, 0.3) is 21.8 Å². The summed E-state index contributed by atoms with van der Waals surface area (Å²) in [6, 6.07) is 18.3. The summed E-state index contributed by atoms with van der Waals surface area (Å²) in [5, 5.41) is 19.5. The second-order valence-electron chi connectivity index (χ2n) is 8.34. The van der Waals surface area contributed by atoms with E-state index in [1.54, 1.807) is 0 Å². The number of rotatable bonds is 10. The Morgan fingerprint density at radius 1 is 1.09 bits per heavy atom. The van der Waals surface area contributed by atoms with Crippen LogP contribution in [0.5, 0.6) is 0 Å². The lowest BCUT2D eigenvalue weighted by molar-refractivity contribution is -0.138. The molecule has 0 unspecified atom stereocenters. The van der Waals surface area contributed by atoms with Gasteiger partial charge in [-0.3, -0.25) is 9.78 Å². The summed E-state index contributed by atoms with van der Waals surface area (Å²) in [5.74, 6) is -0.904. The monoisotopic (exact) mass is 458 g/mol. The van der Waals surface area contributed by atoms with Gasteiger partial charge in [-0.1, -0.05) is 41.6 Å². The molecule has 0 atom stereocenters. The molecule has 0 aliphatic rings. The van der Waals surface area contributed by atoms with E-state index in [1.165, 1.54) is 11.1 Å². The molecule has 2 aromatic heterocycles. The van der Waals surface area contributed by atoms with Crippen molar-refractivity contribution < 1.29 is 14.7 Å². The standard InChI is InChI=1S/C27H30N4O3/c1-19-11-12-23-26(30-34-17-13-25(32)33)22-9-3-4-10-24(22)31(27(23)20(19)2)16-7-14-28-18-21-8-5-6-15-29-21/h3-6,8-12,15,28H,7,13-14,16-18H2,1-2H3,(H,32,33). The van der Waals surface area contributed by atoms with Crippen LogP contribution in [0.2, 0.25) is 0 Å². The van der Waals surface area contributed by atoms with E-state index < -0.39 is 5.97 Å². The molecule has 2 aromatic carbocycles. The predicted octanol–water partition coefficient (Wildman–Crippen LogP) is 4.29. The van der Waals surface area contributed by atoms with Gasteiger partial charge in [0.2, 0.25) is 0 Å². The molecule has 0 bridgehead atoms. The number of aromatic nitrogens is 2. The number of hydrogen-bond donors (Lipinski definition) is 2. The van der Waals surface area contributed by atoms with E-state index in [-0.39, 0.29) is 13.0 Å². The topological polar surface area (TPSA) is 88.7 Å². The summed E-state index contributed by atoms with van der Waals surface area (Å²) >= 11 is 0. The van der Waals surface area contributed by atoms with Crippen LogP contribution in [0.3, 0.4) is 0 Å². The number of pyridine rings is 2. The zero-order valence-electron chi connectivity index (χ0n) is 19.6. The quantitative estimate of drug-likeness (QED) is 0.210. The second-order valence-corrected chi connectivity index (χ2v) is 8.34. The predicted molar refractivity (Wildman–Crippen MR) is 133 cm³/mol. The number of carboxylic acids is 1. The number of nitrogens with zero attached hydrogens (tertiary/aromatic N) is 3. The summed E-state index contributed by atoms with van der Waals surface area (Å²) in [5.41, 5.74) is 5.65. The van der Waals surface area contributed by atoms with E-state index in [9.17, 15) is 4.79 Å². The Morgan fingerprint density at radius 2 is 1.91 bits per heavy atom. The first kappa shape index (κ1) is 23.4. The molecule has 0 radical (unpaired) electrons. The van der Waals surface area contributed by atoms with E-state index in [0.29, 0.717) is 0 Å². The SMILES string of the molecule is Cc1ccc2c(=NOCCC(=O)O)c3ccccc3n(CCCNCc3ccccn3)c2c1C. The third kappa shape index (κ3) is 5.26. The lowest BCUT2D eigenvalue weighted by Gasteiger charge is -2.19. The summed E-state index contributed by atoms with van der Waals surface area (Å²) in [7, 11) is 0. The first-order valence-electron chi connectivity index (χ1n) is 11.6. The first-order chi connectivity index (χ1) is 16.6. The second kappa shape index (κ2) is 10.9. The van der Waals surface area contributed by atoms with Gasteiger partial charge in [0.1, 0.15) is 12.0 Å². The number of carboxylic acid groups (broad SMARTS) is 1. The van der Waals surface area contributed by atoms with Crippen molar-refractivity contribution in [1.82, 2.24) is 14.9 Å². The summed E-state index contributed by atoms with van der Waals surface area (Å²) < 4.78 is 2.37. The van der Waals surface area contributed by atoms with Gasteiger partial charge < -0.3 is 19.8 Å². The summed E-state index contributed by atoms with van der Waals surface area (Å²) in [6.07, 6.45) is 2.68. The third-order valence-corrected chi connectivity index (χ3v) is 6.01. The summed E-state index contributed by atoms with van der Waals surface area (Å²) in [4.78, 5) is 20.7. The number of para-hydroxylation sites is 1. The molecule has 7 heteroatoms. The lowest BCUT2D eigenvalue weighted by atomic mass is 10.0. The van der Waals surface area contributed by atoms with Gasteiger partial charge in [-0.05, 0) is 56.1 Å². The number of aliphatic carboxylic acids is 1. The van der Waals surface area contributed by atoms with E-state index >= 15 is 0 Å². The molecular weight excluding hydrogens is 428 g/mol. The molecule has 2 N–H and O–H groups in total. The van der Waals surface area contributed by atoms with Crippen molar-refractivity contribution in [2.45, 2.75) is 39.8 Å². The zero-order chi connectivity index (χ0) is 23.9. The van der Waals surface area contributed by atoms with Gasteiger partial charge in [0.05, 0.1) is 23.1 Å². The molecule has 4 aromatic rings. The van der Waals surface area contributed by atoms with Crippen LogP contribution in [0, 0.1) is 13.8 Å². The minimum Gasteiger partial charge on any atom is -0.481 e. The van der Waals surface area contributed by atoms with Crippen molar-refractivity contribution in [1.29, 1.82) is 0 Å². The molecule has 0 saturated carbocycles. The molecule has 0 spiro atoms. The molecule has 0 aliphatic heterocycles. The fourth-order valence-electron chi connectivity index (χ4n) is 4.17. The molecular formula is C27H30N4O3. The van der Waals surface area contributed by atoms with Gasteiger partial charge in [-0.15, -0.1) is 0 Å². The van der Waals surface area contributed by atoms with E-state index in [4.69, 9.17) is 9.94 Å². The Kier molecular flexibility index (Phi) is 7.54. The molecule has 0 aliphatic carbocycles. The van der Waals surface area contributed by atoms with Crippen molar-refractivity contribution in [3.8, 4) is 0 Å². The Labute approximate surface area is 198 Å². The van der Waals surface area contributed by atoms with Gasteiger partial charge in [0, 0.05) is 30.1 Å². The average molecular weight is 459 g/mol. The molecule has 0 saturated heterocycles. The summed E-state index contributed by atoms with van der Waals surface area (Å²) in [6.45, 7) is 6.75. The number of benzene rings is 2. The average Bonchev–Trinajstić information content (AvgIpc) is 2.85. The molecule has 34 heavy (non-hydrogen) atoms. The largest absolute Gasteiger partial charge is 0.481 e. The van der Waals surface area contributed by atoms with Crippen LogP contribution in [-0.4, -0.2) is 33.8 Å². The molecule has 7 nitrogen and oxygen atoms in total. The fourth-order valence-corrected chi connectivity index (χ4v) is 4.17. The smallest absolute Gasteiger partial charge is 0.306 e. The highest BCUT2D eigenvalue weighted by atomic mass is 16.6. The highest BCUT2D eigenvalue weighted by Crippen LogP contribution is 2.25. The minimum absolute atomic E-state index is 0.0346. The van der Waals surface area contributed by atoms with Crippen molar-refractivity contribution in [3.63, 3.8) is 0 Å². The van der Waals surface area contributed by atoms with Crippen LogP contribution in [0.4, 0.5) is 0 Å². The van der Waals surface area contributed by atoms with E-state index in [2.05, 4.69) is 52.1 Å². The Hall–Kier alpha value is -3.71. The van der Waals surface area contributed by atoms with Crippen molar-refractivity contribution >= 4 is 27.8 Å². The third-order valence-electron chi connectivity index (χ3n) is 6.01. The molecule has 0 fully saturated rings. The highest BCUT2D eigenvalue weighted by Gasteiger charge is 2.13. The molecule has 0 amide bonds. The Bertz CT molecular complexity index is 1360. The fraction of sp³-hybridized carbons (Fsp3) is 0.296. The van der Waals surface area contributed by atoms with Gasteiger partial charge in [-0.2, -0.15) is 0 Å². The van der Waals surface area contributed by atoms with Crippen molar-refractivity contribution in [2.75, 3.05) is 13.2 Å². The number of aryl methyl sites for hydroxylation is 3. The van der Waals surface area contributed by atoms with Crippen LogP contribution in [0.1, 0.15) is 29.7 Å². The number of fused-ring (bicyclic) bond motifs is 2. The first-order valence-corrected chi connectivity index (χ1v) is 11.6. The molecule has 4 rings (SSSR count). The lowest BCUT2D eigenvalue weighted by Crippen LogP contribution is -2.19. The van der Waals surface area contributed by atoms with Crippen LogP contribution < -0.4 is 10.7 Å². The number of nitrogens with one attached hydrogen (secondary N) is 1. The van der Waals surface area contributed by atoms with Crippen molar-refractivity contribution in [3.05, 3.63) is 83.0 Å². The Balaban J connectivity index is 1.68. The van der Waals surface area contributed by atoms with Crippen LogP contribution >= 0.6 is 0 Å². The van der Waals surface area contributed by atoms with Gasteiger partial charge in [0.15, 0.2) is 0 Å². The van der Waals surface area contributed by atoms with Gasteiger partial charge in [-0.25, -0.2) is 0 Å².